The number of aromatic nitrogens is 1. The number of nitrogens with two attached hydrogens (primary N) is 1. The van der Waals surface area contributed by atoms with Crippen molar-refractivity contribution in [2.75, 3.05) is 0 Å². The molecule has 18 heavy (non-hydrogen) atoms. The number of hydrogen-bond acceptors (Lipinski definition) is 2. The zero-order valence-electron chi connectivity index (χ0n) is 10.2. The summed E-state index contributed by atoms with van der Waals surface area (Å²) in [4.78, 5) is 11.1. The van der Waals surface area contributed by atoms with Crippen LogP contribution in [0.2, 0.25) is 0 Å². The smallest absolute Gasteiger partial charge is 0.326 e. The van der Waals surface area contributed by atoms with Gasteiger partial charge in [-0.25, -0.2) is 0 Å². The van der Waals surface area contributed by atoms with Gasteiger partial charge in [-0.05, 0) is 41.9 Å². The van der Waals surface area contributed by atoms with Crippen LogP contribution in [0.25, 0.3) is 10.9 Å². The number of carboxylic acids is 1. The highest BCUT2D eigenvalue weighted by molar-refractivity contribution is 9.10. The molecule has 1 aromatic carbocycles. The third-order valence-electron chi connectivity index (χ3n) is 2.94. The second kappa shape index (κ2) is 4.74. The van der Waals surface area contributed by atoms with Gasteiger partial charge < -0.3 is 15.4 Å². The number of rotatable bonds is 3. The second-order valence-corrected chi connectivity index (χ2v) is 5.38. The SMILES string of the molecule is CC(C)n1c(C(N)C(=O)O)cc2cccc(Br)c21. The van der Waals surface area contributed by atoms with E-state index in [1.54, 1.807) is 0 Å². The topological polar surface area (TPSA) is 68.2 Å². The average molecular weight is 311 g/mol. The molecule has 1 unspecified atom stereocenters. The number of nitrogens with zero attached hydrogens (tertiary/aromatic N) is 1. The first-order chi connectivity index (χ1) is 8.43. The molecular weight excluding hydrogens is 296 g/mol. The lowest BCUT2D eigenvalue weighted by Crippen LogP contribution is -2.24. The van der Waals surface area contributed by atoms with Crippen LogP contribution >= 0.6 is 15.9 Å². The summed E-state index contributed by atoms with van der Waals surface area (Å²) in [5.41, 5.74) is 7.36. The third kappa shape index (κ3) is 2.04. The first-order valence-electron chi connectivity index (χ1n) is 5.71. The van der Waals surface area contributed by atoms with Crippen LogP contribution < -0.4 is 5.73 Å². The van der Waals surface area contributed by atoms with Gasteiger partial charge in [-0.3, -0.25) is 4.79 Å². The van der Waals surface area contributed by atoms with Crippen LogP contribution in [0.15, 0.2) is 28.7 Å². The number of hydrogen-bond donors (Lipinski definition) is 2. The lowest BCUT2D eigenvalue weighted by molar-refractivity contribution is -0.138. The van der Waals surface area contributed by atoms with Crippen molar-refractivity contribution in [1.82, 2.24) is 4.57 Å². The number of halogens is 1. The van der Waals surface area contributed by atoms with Gasteiger partial charge in [-0.15, -0.1) is 0 Å². The fourth-order valence-corrected chi connectivity index (χ4v) is 2.76. The van der Waals surface area contributed by atoms with Crippen molar-refractivity contribution in [3.8, 4) is 0 Å². The Labute approximate surface area is 114 Å². The van der Waals surface area contributed by atoms with Crippen molar-refractivity contribution in [3.05, 3.63) is 34.4 Å². The standard InChI is InChI=1S/C13H15BrN2O2/c1-7(2)16-10(11(15)13(17)18)6-8-4-3-5-9(14)12(8)16/h3-7,11H,15H2,1-2H3,(H,17,18). The van der Waals surface area contributed by atoms with E-state index in [2.05, 4.69) is 15.9 Å². The predicted octanol–water partition coefficient (Wildman–Crippen LogP) is 3.07. The first-order valence-corrected chi connectivity index (χ1v) is 6.50. The van der Waals surface area contributed by atoms with Gasteiger partial charge in [0.2, 0.25) is 0 Å². The summed E-state index contributed by atoms with van der Waals surface area (Å²) in [5.74, 6) is -1.02. The summed E-state index contributed by atoms with van der Waals surface area (Å²) >= 11 is 3.51. The van der Waals surface area contributed by atoms with E-state index in [0.717, 1.165) is 15.4 Å². The van der Waals surface area contributed by atoms with E-state index < -0.39 is 12.0 Å². The number of benzene rings is 1. The van der Waals surface area contributed by atoms with Crippen molar-refractivity contribution in [3.63, 3.8) is 0 Å². The largest absolute Gasteiger partial charge is 0.480 e. The van der Waals surface area contributed by atoms with Crippen molar-refractivity contribution in [1.29, 1.82) is 0 Å². The fraction of sp³-hybridized carbons (Fsp3) is 0.308. The molecule has 0 fully saturated rings. The maximum atomic E-state index is 11.1. The predicted molar refractivity (Wildman–Crippen MR) is 74.6 cm³/mol. The lowest BCUT2D eigenvalue weighted by atomic mass is 10.2. The molecule has 0 aliphatic heterocycles. The minimum absolute atomic E-state index is 0.140. The summed E-state index contributed by atoms with van der Waals surface area (Å²) in [6.07, 6.45) is 0. The van der Waals surface area contributed by atoms with Crippen LogP contribution in [0, 0.1) is 0 Å². The molecule has 0 saturated carbocycles. The van der Waals surface area contributed by atoms with Crippen LogP contribution in [0.1, 0.15) is 31.6 Å². The molecule has 2 aromatic rings. The van der Waals surface area contributed by atoms with Crippen LogP contribution in [0.3, 0.4) is 0 Å². The van der Waals surface area contributed by atoms with E-state index >= 15 is 0 Å². The van der Waals surface area contributed by atoms with E-state index in [9.17, 15) is 4.79 Å². The molecule has 0 radical (unpaired) electrons. The maximum Gasteiger partial charge on any atom is 0.326 e. The Morgan fingerprint density at radius 3 is 2.67 bits per heavy atom. The molecule has 0 aliphatic carbocycles. The van der Waals surface area contributed by atoms with Crippen molar-refractivity contribution >= 4 is 32.8 Å². The van der Waals surface area contributed by atoms with Crippen molar-refractivity contribution in [2.45, 2.75) is 25.9 Å². The number of aliphatic carboxylic acids is 1. The first kappa shape index (κ1) is 13.1. The zero-order valence-corrected chi connectivity index (χ0v) is 11.8. The molecule has 1 aromatic heterocycles. The van der Waals surface area contributed by atoms with E-state index in [4.69, 9.17) is 10.8 Å². The summed E-state index contributed by atoms with van der Waals surface area (Å²) < 4.78 is 2.91. The van der Waals surface area contributed by atoms with Gasteiger partial charge in [0.15, 0.2) is 0 Å². The zero-order chi connectivity index (χ0) is 13.4. The molecule has 1 atom stereocenters. The molecule has 0 spiro atoms. The van der Waals surface area contributed by atoms with Crippen LogP contribution in [-0.2, 0) is 4.79 Å². The average Bonchev–Trinajstić information content (AvgIpc) is 2.68. The summed E-state index contributed by atoms with van der Waals surface area (Å²) in [5, 5.41) is 10.1. The Morgan fingerprint density at radius 2 is 2.11 bits per heavy atom. The van der Waals surface area contributed by atoms with Gasteiger partial charge in [0.25, 0.3) is 0 Å². The summed E-state index contributed by atoms with van der Waals surface area (Å²) in [6, 6.07) is 6.80. The molecule has 0 amide bonds. The lowest BCUT2D eigenvalue weighted by Gasteiger charge is -2.17. The molecule has 0 aliphatic rings. The monoisotopic (exact) mass is 310 g/mol. The maximum absolute atomic E-state index is 11.1. The second-order valence-electron chi connectivity index (χ2n) is 4.53. The van der Waals surface area contributed by atoms with Gasteiger partial charge in [-0.2, -0.15) is 0 Å². The third-order valence-corrected chi connectivity index (χ3v) is 3.58. The highest BCUT2D eigenvalue weighted by Gasteiger charge is 2.22. The molecule has 4 nitrogen and oxygen atoms in total. The molecular formula is C13H15BrN2O2. The summed E-state index contributed by atoms with van der Waals surface area (Å²) in [6.45, 7) is 4.02. The number of para-hydroxylation sites is 1. The normalized spacial score (nSPS) is 13.2. The van der Waals surface area contributed by atoms with Crippen LogP contribution in [0.4, 0.5) is 0 Å². The molecule has 1 heterocycles. The highest BCUT2D eigenvalue weighted by Crippen LogP contribution is 2.32. The molecule has 0 bridgehead atoms. The Balaban J connectivity index is 2.78. The van der Waals surface area contributed by atoms with Crippen LogP contribution in [-0.4, -0.2) is 15.6 Å². The quantitative estimate of drug-likeness (QED) is 0.915. The van der Waals surface area contributed by atoms with E-state index in [0.29, 0.717) is 5.69 Å². The number of carbonyl (C=O) groups is 1. The van der Waals surface area contributed by atoms with Gasteiger partial charge in [0.1, 0.15) is 6.04 Å². The fourth-order valence-electron chi connectivity index (χ4n) is 2.18. The van der Waals surface area contributed by atoms with E-state index in [1.165, 1.54) is 0 Å². The molecule has 3 N–H and O–H groups in total. The minimum Gasteiger partial charge on any atom is -0.480 e. The van der Waals surface area contributed by atoms with Gasteiger partial charge >= 0.3 is 5.97 Å². The van der Waals surface area contributed by atoms with Crippen LogP contribution in [0.5, 0.6) is 0 Å². The molecule has 5 heteroatoms. The Hall–Kier alpha value is -1.33. The van der Waals surface area contributed by atoms with E-state index in [-0.39, 0.29) is 6.04 Å². The van der Waals surface area contributed by atoms with Gasteiger partial charge in [-0.1, -0.05) is 12.1 Å². The molecule has 2 rings (SSSR count). The van der Waals surface area contributed by atoms with Crippen molar-refractivity contribution in [2.24, 2.45) is 5.73 Å². The van der Waals surface area contributed by atoms with Crippen molar-refractivity contribution < 1.29 is 9.90 Å². The molecule has 0 saturated heterocycles. The Morgan fingerprint density at radius 1 is 1.44 bits per heavy atom. The van der Waals surface area contributed by atoms with E-state index in [1.807, 2.05) is 42.7 Å². The Bertz CT molecular complexity index is 604. The Kier molecular flexibility index (Phi) is 3.45. The van der Waals surface area contributed by atoms with Gasteiger partial charge in [0, 0.05) is 21.6 Å². The number of carboxylic acid groups (broad SMARTS) is 1. The molecule has 96 valence electrons. The summed E-state index contributed by atoms with van der Waals surface area (Å²) in [7, 11) is 0. The minimum atomic E-state index is -1.02. The number of fused-ring (bicyclic) bond motifs is 1. The highest BCUT2D eigenvalue weighted by atomic mass is 79.9. The van der Waals surface area contributed by atoms with Gasteiger partial charge in [0.05, 0.1) is 5.52 Å².